The first kappa shape index (κ1) is 13.0. The van der Waals surface area contributed by atoms with Crippen molar-refractivity contribution in [2.45, 2.75) is 26.3 Å². The largest absolute Gasteiger partial charge is 0.350 e. The first-order valence-corrected chi connectivity index (χ1v) is 5.50. The molecule has 0 fully saturated rings. The summed E-state index contributed by atoms with van der Waals surface area (Å²) in [7, 11) is 0. The molecule has 0 aliphatic rings. The van der Waals surface area contributed by atoms with E-state index in [4.69, 9.17) is 17.3 Å². The van der Waals surface area contributed by atoms with Crippen LogP contribution < -0.4 is 11.1 Å². The maximum atomic E-state index is 11.7. The van der Waals surface area contributed by atoms with Gasteiger partial charge in [0.1, 0.15) is 0 Å². The van der Waals surface area contributed by atoms with Crippen molar-refractivity contribution in [2.24, 2.45) is 5.73 Å². The Labute approximate surface area is 101 Å². The number of aryl methyl sites for hydroxylation is 1. The van der Waals surface area contributed by atoms with Gasteiger partial charge in [-0.15, -0.1) is 0 Å². The minimum atomic E-state index is -0.406. The summed E-state index contributed by atoms with van der Waals surface area (Å²) in [5, 5.41) is 3.44. The van der Waals surface area contributed by atoms with Crippen LogP contribution in [0, 0.1) is 6.92 Å². The fraction of sp³-hybridized carbons (Fsp3) is 0.417. The Morgan fingerprint density at radius 3 is 2.62 bits per heavy atom. The molecule has 4 heteroatoms. The van der Waals surface area contributed by atoms with Crippen molar-refractivity contribution in [3.05, 3.63) is 34.3 Å². The van der Waals surface area contributed by atoms with Crippen molar-refractivity contribution in [1.29, 1.82) is 0 Å². The van der Waals surface area contributed by atoms with E-state index in [2.05, 4.69) is 5.32 Å². The van der Waals surface area contributed by atoms with Gasteiger partial charge < -0.3 is 11.1 Å². The number of amides is 1. The number of hydrogen-bond acceptors (Lipinski definition) is 2. The number of carbonyl (C=O) groups is 1. The standard InChI is InChI=1S/C12H17ClN2O/c1-8-6-9(4-5-10(8)13)11(16)15-7-12(2,3)14/h4-6H,7,14H2,1-3H3,(H,15,16). The first-order chi connectivity index (χ1) is 7.29. The van der Waals surface area contributed by atoms with E-state index in [9.17, 15) is 4.79 Å². The summed E-state index contributed by atoms with van der Waals surface area (Å²) < 4.78 is 0. The van der Waals surface area contributed by atoms with Crippen LogP contribution >= 0.6 is 11.6 Å². The van der Waals surface area contributed by atoms with E-state index in [-0.39, 0.29) is 5.91 Å². The van der Waals surface area contributed by atoms with Crippen LogP contribution in [0.3, 0.4) is 0 Å². The molecule has 16 heavy (non-hydrogen) atoms. The van der Waals surface area contributed by atoms with E-state index in [1.54, 1.807) is 18.2 Å². The highest BCUT2D eigenvalue weighted by Gasteiger charge is 2.13. The Hall–Kier alpha value is -1.06. The highest BCUT2D eigenvalue weighted by atomic mass is 35.5. The van der Waals surface area contributed by atoms with Gasteiger partial charge in [-0.3, -0.25) is 4.79 Å². The highest BCUT2D eigenvalue weighted by molar-refractivity contribution is 6.31. The lowest BCUT2D eigenvalue weighted by molar-refractivity contribution is 0.0946. The predicted octanol–water partition coefficient (Wildman–Crippen LogP) is 2.12. The second-order valence-corrected chi connectivity index (χ2v) is 5.04. The van der Waals surface area contributed by atoms with Crippen LogP contribution in [0.15, 0.2) is 18.2 Å². The van der Waals surface area contributed by atoms with Crippen molar-refractivity contribution in [1.82, 2.24) is 5.32 Å². The predicted molar refractivity (Wildman–Crippen MR) is 66.8 cm³/mol. The van der Waals surface area contributed by atoms with E-state index in [0.29, 0.717) is 17.1 Å². The average molecular weight is 241 g/mol. The second-order valence-electron chi connectivity index (χ2n) is 4.64. The fourth-order valence-corrected chi connectivity index (χ4v) is 1.31. The molecule has 0 radical (unpaired) electrons. The van der Waals surface area contributed by atoms with E-state index < -0.39 is 5.54 Å². The summed E-state index contributed by atoms with van der Waals surface area (Å²) in [6, 6.07) is 5.19. The number of rotatable bonds is 3. The molecule has 0 atom stereocenters. The number of benzene rings is 1. The van der Waals surface area contributed by atoms with Crippen LogP contribution in [0.2, 0.25) is 5.02 Å². The molecule has 0 heterocycles. The first-order valence-electron chi connectivity index (χ1n) is 5.13. The number of halogens is 1. The van der Waals surface area contributed by atoms with Gasteiger partial charge in [0, 0.05) is 22.7 Å². The minimum absolute atomic E-state index is 0.127. The third-order valence-electron chi connectivity index (χ3n) is 2.12. The van der Waals surface area contributed by atoms with E-state index in [1.165, 1.54) is 0 Å². The van der Waals surface area contributed by atoms with Crippen molar-refractivity contribution < 1.29 is 4.79 Å². The smallest absolute Gasteiger partial charge is 0.251 e. The van der Waals surface area contributed by atoms with Crippen LogP contribution in [-0.2, 0) is 0 Å². The molecule has 0 bridgehead atoms. The summed E-state index contributed by atoms with van der Waals surface area (Å²) >= 11 is 5.88. The number of nitrogens with two attached hydrogens (primary N) is 1. The van der Waals surface area contributed by atoms with Crippen molar-refractivity contribution in [3.63, 3.8) is 0 Å². The normalized spacial score (nSPS) is 11.3. The van der Waals surface area contributed by atoms with Gasteiger partial charge in [-0.25, -0.2) is 0 Å². The molecule has 1 aromatic rings. The van der Waals surface area contributed by atoms with Gasteiger partial charge in [-0.2, -0.15) is 0 Å². The molecular weight excluding hydrogens is 224 g/mol. The Kier molecular flexibility index (Phi) is 3.94. The maximum absolute atomic E-state index is 11.7. The Morgan fingerprint density at radius 1 is 1.50 bits per heavy atom. The quantitative estimate of drug-likeness (QED) is 0.850. The Bertz CT molecular complexity index is 396. The second kappa shape index (κ2) is 4.85. The SMILES string of the molecule is Cc1cc(C(=O)NCC(C)(C)N)ccc1Cl. The maximum Gasteiger partial charge on any atom is 0.251 e. The van der Waals surface area contributed by atoms with Crippen molar-refractivity contribution >= 4 is 17.5 Å². The summed E-state index contributed by atoms with van der Waals surface area (Å²) in [6.07, 6.45) is 0. The zero-order chi connectivity index (χ0) is 12.3. The van der Waals surface area contributed by atoms with Gasteiger partial charge >= 0.3 is 0 Å². The molecule has 0 saturated carbocycles. The molecule has 88 valence electrons. The molecule has 0 unspecified atom stereocenters. The Balaban J connectivity index is 2.70. The topological polar surface area (TPSA) is 55.1 Å². The molecule has 0 saturated heterocycles. The molecule has 0 aliphatic heterocycles. The van der Waals surface area contributed by atoms with Crippen molar-refractivity contribution in [3.8, 4) is 0 Å². The fourth-order valence-electron chi connectivity index (χ4n) is 1.20. The summed E-state index contributed by atoms with van der Waals surface area (Å²) in [5.41, 5.74) is 6.87. The van der Waals surface area contributed by atoms with Crippen molar-refractivity contribution in [2.75, 3.05) is 6.54 Å². The van der Waals surface area contributed by atoms with Crippen LogP contribution in [0.1, 0.15) is 29.8 Å². The summed E-state index contributed by atoms with van der Waals surface area (Å²) in [6.45, 7) is 6.03. The minimum Gasteiger partial charge on any atom is -0.350 e. The van der Waals surface area contributed by atoms with E-state index in [1.807, 2.05) is 20.8 Å². The van der Waals surface area contributed by atoms with E-state index >= 15 is 0 Å². The highest BCUT2D eigenvalue weighted by Crippen LogP contribution is 2.16. The van der Waals surface area contributed by atoms with Gasteiger partial charge in [0.15, 0.2) is 0 Å². The molecule has 0 aromatic heterocycles. The molecule has 0 aliphatic carbocycles. The molecule has 1 amide bonds. The lowest BCUT2D eigenvalue weighted by Gasteiger charge is -2.19. The zero-order valence-corrected chi connectivity index (χ0v) is 10.6. The average Bonchev–Trinajstić information content (AvgIpc) is 2.17. The Morgan fingerprint density at radius 2 is 2.12 bits per heavy atom. The molecule has 3 N–H and O–H groups in total. The van der Waals surface area contributed by atoms with Gasteiger partial charge in [-0.1, -0.05) is 11.6 Å². The molecule has 3 nitrogen and oxygen atoms in total. The van der Waals surface area contributed by atoms with Gasteiger partial charge in [0.2, 0.25) is 0 Å². The summed E-state index contributed by atoms with van der Waals surface area (Å²) in [5.74, 6) is -0.127. The third-order valence-corrected chi connectivity index (χ3v) is 2.55. The van der Waals surface area contributed by atoms with Crippen LogP contribution in [0.25, 0.3) is 0 Å². The zero-order valence-electron chi connectivity index (χ0n) is 9.80. The monoisotopic (exact) mass is 240 g/mol. The van der Waals surface area contributed by atoms with Crippen LogP contribution in [0.5, 0.6) is 0 Å². The van der Waals surface area contributed by atoms with Crippen LogP contribution in [0.4, 0.5) is 0 Å². The van der Waals surface area contributed by atoms with Crippen LogP contribution in [-0.4, -0.2) is 18.0 Å². The summed E-state index contributed by atoms with van der Waals surface area (Å²) in [4.78, 5) is 11.7. The molecule has 1 rings (SSSR count). The molecule has 0 spiro atoms. The van der Waals surface area contributed by atoms with Gasteiger partial charge in [-0.05, 0) is 44.5 Å². The molecule has 1 aromatic carbocycles. The van der Waals surface area contributed by atoms with Gasteiger partial charge in [0.05, 0.1) is 0 Å². The lowest BCUT2D eigenvalue weighted by Crippen LogP contribution is -2.45. The lowest BCUT2D eigenvalue weighted by atomic mass is 10.1. The number of carbonyl (C=O) groups excluding carboxylic acids is 1. The van der Waals surface area contributed by atoms with E-state index in [0.717, 1.165) is 5.56 Å². The van der Waals surface area contributed by atoms with Gasteiger partial charge in [0.25, 0.3) is 5.91 Å². The molecular formula is C12H17ClN2O. The number of nitrogens with one attached hydrogen (secondary N) is 1. The number of hydrogen-bond donors (Lipinski definition) is 2. The third kappa shape index (κ3) is 3.83.